The fraction of sp³-hybridized carbons (Fsp3) is 0.524. The number of hydrogen-bond acceptors (Lipinski definition) is 4. The van der Waals surface area contributed by atoms with Gasteiger partial charge in [-0.3, -0.25) is 9.69 Å². The van der Waals surface area contributed by atoms with Crippen molar-refractivity contribution in [1.29, 1.82) is 0 Å². The largest absolute Gasteiger partial charge is 0.465 e. The first-order chi connectivity index (χ1) is 12.0. The Bertz CT molecular complexity index is 764. The molecular formula is C21H25NO3. The van der Waals surface area contributed by atoms with Crippen LogP contribution in [0, 0.1) is 11.3 Å². The van der Waals surface area contributed by atoms with Crippen LogP contribution in [0.1, 0.15) is 48.0 Å². The Kier molecular flexibility index (Phi) is 3.66. The molecule has 0 spiro atoms. The first kappa shape index (κ1) is 16.5. The van der Waals surface area contributed by atoms with Crippen LogP contribution in [0.5, 0.6) is 0 Å². The molecule has 0 amide bonds. The topological polar surface area (TPSA) is 46.6 Å². The monoisotopic (exact) mass is 339 g/mol. The molecule has 1 aromatic rings. The van der Waals surface area contributed by atoms with E-state index in [1.165, 1.54) is 19.1 Å². The third-order valence-electron chi connectivity index (χ3n) is 6.76. The van der Waals surface area contributed by atoms with Crippen LogP contribution < -0.4 is 0 Å². The maximum Gasteiger partial charge on any atom is 0.337 e. The molecule has 4 rings (SSSR count). The number of carbonyl (C=O) groups excluding carboxylic acids is 2. The maximum absolute atomic E-state index is 12.9. The molecule has 2 saturated carbocycles. The van der Waals surface area contributed by atoms with Crippen LogP contribution in [0.2, 0.25) is 0 Å². The van der Waals surface area contributed by atoms with Crippen molar-refractivity contribution >= 4 is 17.3 Å². The number of rotatable bonds is 3. The highest BCUT2D eigenvalue weighted by Gasteiger charge is 2.68. The van der Waals surface area contributed by atoms with Gasteiger partial charge in [-0.1, -0.05) is 31.1 Å². The number of allylic oxidation sites excluding steroid dienone is 1. The Hall–Kier alpha value is -1.94. The fourth-order valence-corrected chi connectivity index (χ4v) is 5.60. The van der Waals surface area contributed by atoms with Crippen molar-refractivity contribution in [3.63, 3.8) is 0 Å². The van der Waals surface area contributed by atoms with Gasteiger partial charge < -0.3 is 4.74 Å². The maximum atomic E-state index is 12.9. The van der Waals surface area contributed by atoms with E-state index in [2.05, 4.69) is 25.1 Å². The molecule has 0 heterocycles. The standard InChI is InChI=1S/C21H25NO3/c1-22(2)21-13-18(23)20(11-5-4-6-17(20)21)12-16(21)14-7-9-15(10-8-14)19(24)25-3/h7-10,12,17H,4-6,11,13H2,1-3H3/t17-,20-,21-/m0/s1. The van der Waals surface area contributed by atoms with Gasteiger partial charge in [0.05, 0.1) is 23.6 Å². The van der Waals surface area contributed by atoms with Crippen LogP contribution in [0.3, 0.4) is 0 Å². The summed E-state index contributed by atoms with van der Waals surface area (Å²) in [6, 6.07) is 7.63. The molecule has 0 N–H and O–H groups in total. The molecule has 0 unspecified atom stereocenters. The van der Waals surface area contributed by atoms with Crippen LogP contribution >= 0.6 is 0 Å². The lowest BCUT2D eigenvalue weighted by atomic mass is 9.68. The van der Waals surface area contributed by atoms with Crippen LogP contribution in [-0.2, 0) is 9.53 Å². The van der Waals surface area contributed by atoms with Crippen molar-refractivity contribution in [2.45, 2.75) is 37.6 Å². The number of likely N-dealkylation sites (N-methyl/N-ethyl adjacent to an activating group) is 1. The summed E-state index contributed by atoms with van der Waals surface area (Å²) >= 11 is 0. The molecule has 0 radical (unpaired) electrons. The van der Waals surface area contributed by atoms with Crippen molar-refractivity contribution in [3.05, 3.63) is 41.5 Å². The van der Waals surface area contributed by atoms with E-state index in [1.807, 2.05) is 24.3 Å². The lowest BCUT2D eigenvalue weighted by Gasteiger charge is -2.43. The molecule has 0 saturated heterocycles. The first-order valence-corrected chi connectivity index (χ1v) is 9.08. The van der Waals surface area contributed by atoms with Gasteiger partial charge in [-0.2, -0.15) is 0 Å². The third-order valence-corrected chi connectivity index (χ3v) is 6.76. The summed E-state index contributed by atoms with van der Waals surface area (Å²) in [4.78, 5) is 26.9. The van der Waals surface area contributed by atoms with Gasteiger partial charge in [0, 0.05) is 6.42 Å². The number of ether oxygens (including phenoxy) is 1. The normalized spacial score (nSPS) is 33.4. The highest BCUT2D eigenvalue weighted by Crippen LogP contribution is 2.66. The van der Waals surface area contributed by atoms with Gasteiger partial charge in [0.25, 0.3) is 0 Å². The number of benzene rings is 1. The molecule has 3 aliphatic rings. The number of hydrogen-bond donors (Lipinski definition) is 0. The lowest BCUT2D eigenvalue weighted by molar-refractivity contribution is -0.125. The van der Waals surface area contributed by atoms with Crippen molar-refractivity contribution in [2.75, 3.05) is 21.2 Å². The van der Waals surface area contributed by atoms with E-state index in [0.717, 1.165) is 24.8 Å². The second-order valence-electron chi connectivity index (χ2n) is 7.88. The Morgan fingerprint density at radius 2 is 1.92 bits per heavy atom. The Labute approximate surface area is 148 Å². The number of carbonyl (C=O) groups is 2. The minimum atomic E-state index is -0.321. The van der Waals surface area contributed by atoms with Gasteiger partial charge in [0.2, 0.25) is 0 Å². The summed E-state index contributed by atoms with van der Waals surface area (Å²) in [6.07, 6.45) is 7.32. The molecule has 2 bridgehead atoms. The summed E-state index contributed by atoms with van der Waals surface area (Å²) < 4.78 is 4.79. The molecular weight excluding hydrogens is 314 g/mol. The molecule has 132 valence electrons. The zero-order valence-electron chi connectivity index (χ0n) is 15.2. The molecule has 0 aromatic heterocycles. The van der Waals surface area contributed by atoms with Crippen LogP contribution in [-0.4, -0.2) is 43.4 Å². The minimum Gasteiger partial charge on any atom is -0.465 e. The van der Waals surface area contributed by atoms with Gasteiger partial charge in [-0.15, -0.1) is 0 Å². The van der Waals surface area contributed by atoms with Crippen LogP contribution in [0.4, 0.5) is 0 Å². The van der Waals surface area contributed by atoms with Gasteiger partial charge in [0.15, 0.2) is 0 Å². The zero-order valence-corrected chi connectivity index (χ0v) is 15.2. The molecule has 4 heteroatoms. The Balaban J connectivity index is 1.81. The number of methoxy groups -OCH3 is 1. The van der Waals surface area contributed by atoms with Crippen LogP contribution in [0.25, 0.3) is 5.57 Å². The molecule has 1 aromatic carbocycles. The van der Waals surface area contributed by atoms with E-state index in [0.29, 0.717) is 23.7 Å². The molecule has 0 aliphatic heterocycles. The van der Waals surface area contributed by atoms with E-state index >= 15 is 0 Å². The van der Waals surface area contributed by atoms with Gasteiger partial charge in [0.1, 0.15) is 5.78 Å². The smallest absolute Gasteiger partial charge is 0.337 e. The van der Waals surface area contributed by atoms with E-state index in [-0.39, 0.29) is 16.9 Å². The Morgan fingerprint density at radius 3 is 2.56 bits per heavy atom. The summed E-state index contributed by atoms with van der Waals surface area (Å²) in [6.45, 7) is 0. The summed E-state index contributed by atoms with van der Waals surface area (Å²) in [5.74, 6) is 0.477. The first-order valence-electron chi connectivity index (χ1n) is 9.08. The van der Waals surface area contributed by atoms with Crippen molar-refractivity contribution < 1.29 is 14.3 Å². The molecule has 2 fully saturated rings. The zero-order chi connectivity index (χ0) is 17.8. The van der Waals surface area contributed by atoms with Crippen molar-refractivity contribution in [1.82, 2.24) is 4.90 Å². The second kappa shape index (κ2) is 5.53. The highest BCUT2D eigenvalue weighted by atomic mass is 16.5. The quantitative estimate of drug-likeness (QED) is 0.793. The third kappa shape index (κ3) is 2.03. The predicted octanol–water partition coefficient (Wildman–Crippen LogP) is 3.32. The average molecular weight is 339 g/mol. The predicted molar refractivity (Wildman–Crippen MR) is 96.2 cm³/mol. The van der Waals surface area contributed by atoms with Gasteiger partial charge in [-0.25, -0.2) is 4.79 Å². The second-order valence-corrected chi connectivity index (χ2v) is 7.88. The van der Waals surface area contributed by atoms with E-state index in [1.54, 1.807) is 0 Å². The number of nitrogens with zero attached hydrogens (tertiary/aromatic N) is 1. The molecule has 4 nitrogen and oxygen atoms in total. The lowest BCUT2D eigenvalue weighted by Crippen LogP contribution is -2.48. The average Bonchev–Trinajstić information content (AvgIpc) is 3.07. The SMILES string of the molecule is COC(=O)c1ccc(C2=C[C@@]34CCCC[C@@H]3[C@]2(N(C)C)CC4=O)cc1. The van der Waals surface area contributed by atoms with Crippen LogP contribution in [0.15, 0.2) is 30.3 Å². The van der Waals surface area contributed by atoms with Gasteiger partial charge in [-0.05, 0) is 56.1 Å². The van der Waals surface area contributed by atoms with Gasteiger partial charge >= 0.3 is 5.97 Å². The molecule has 3 atom stereocenters. The number of esters is 1. The summed E-state index contributed by atoms with van der Waals surface area (Å²) in [5.41, 5.74) is 2.46. The minimum absolute atomic E-state index is 0.204. The molecule has 25 heavy (non-hydrogen) atoms. The van der Waals surface area contributed by atoms with E-state index in [9.17, 15) is 9.59 Å². The highest BCUT2D eigenvalue weighted by molar-refractivity contribution is 6.02. The summed E-state index contributed by atoms with van der Waals surface area (Å²) in [5, 5.41) is 0. The van der Waals surface area contributed by atoms with E-state index < -0.39 is 0 Å². The van der Waals surface area contributed by atoms with E-state index in [4.69, 9.17) is 4.74 Å². The number of ketones is 1. The summed E-state index contributed by atoms with van der Waals surface area (Å²) in [7, 11) is 5.59. The van der Waals surface area contributed by atoms with Crippen molar-refractivity contribution in [3.8, 4) is 0 Å². The number of Topliss-reactive ketones (excluding diaryl/α,β-unsaturated/α-hetero) is 1. The van der Waals surface area contributed by atoms with Crippen molar-refractivity contribution in [2.24, 2.45) is 11.3 Å². The Morgan fingerprint density at radius 1 is 1.20 bits per heavy atom. The molecule has 3 aliphatic carbocycles. The fourth-order valence-electron chi connectivity index (χ4n) is 5.60.